The molecule has 0 radical (unpaired) electrons. The number of nitrogens with two attached hydrogens (primary N) is 1. The zero-order valence-electron chi connectivity index (χ0n) is 12.5. The summed E-state index contributed by atoms with van der Waals surface area (Å²) in [5.74, 6) is 0.0430. The van der Waals surface area contributed by atoms with Crippen molar-refractivity contribution in [2.45, 2.75) is 32.7 Å². The molecule has 4 N–H and O–H groups in total. The van der Waals surface area contributed by atoms with Gasteiger partial charge in [0.15, 0.2) is 5.13 Å². The van der Waals surface area contributed by atoms with Crippen LogP contribution in [0.15, 0.2) is 0 Å². The number of thiazole rings is 1. The standard InChI is InChI=1S/C13H21N5O2S/c1-13(2,3)17-12-16-10(14)9(21-12)11(20)18-6-4-8(19)15-5-7-18/h4-7,14H2,1-3H3,(H,15,19)(H,16,17). The van der Waals surface area contributed by atoms with E-state index in [1.54, 1.807) is 4.90 Å². The topological polar surface area (TPSA) is 100 Å². The number of carbonyl (C=O) groups is 2. The monoisotopic (exact) mass is 311 g/mol. The van der Waals surface area contributed by atoms with Gasteiger partial charge in [-0.2, -0.15) is 0 Å². The van der Waals surface area contributed by atoms with Crippen molar-refractivity contribution >= 4 is 34.1 Å². The van der Waals surface area contributed by atoms with E-state index in [1.807, 2.05) is 20.8 Å². The van der Waals surface area contributed by atoms with Crippen LogP contribution in [0, 0.1) is 0 Å². The zero-order valence-corrected chi connectivity index (χ0v) is 13.3. The highest BCUT2D eigenvalue weighted by Crippen LogP contribution is 2.28. The Morgan fingerprint density at radius 2 is 2.14 bits per heavy atom. The second-order valence-electron chi connectivity index (χ2n) is 6.00. The third-order valence-corrected chi connectivity index (χ3v) is 3.90. The van der Waals surface area contributed by atoms with E-state index in [0.717, 1.165) is 0 Å². The average Bonchev–Trinajstić information content (AvgIpc) is 2.57. The fourth-order valence-corrected chi connectivity index (χ4v) is 3.03. The molecule has 0 bridgehead atoms. The summed E-state index contributed by atoms with van der Waals surface area (Å²) in [6, 6.07) is 0. The Kier molecular flexibility index (Phi) is 4.36. The minimum absolute atomic E-state index is 0.0299. The smallest absolute Gasteiger partial charge is 0.267 e. The van der Waals surface area contributed by atoms with Crippen molar-refractivity contribution in [2.24, 2.45) is 0 Å². The summed E-state index contributed by atoms with van der Waals surface area (Å²) >= 11 is 1.25. The van der Waals surface area contributed by atoms with Crippen molar-refractivity contribution in [3.05, 3.63) is 4.88 Å². The van der Waals surface area contributed by atoms with Crippen molar-refractivity contribution < 1.29 is 9.59 Å². The Morgan fingerprint density at radius 1 is 1.43 bits per heavy atom. The molecule has 0 unspecified atom stereocenters. The maximum absolute atomic E-state index is 12.5. The number of nitrogen functional groups attached to an aromatic ring is 1. The van der Waals surface area contributed by atoms with E-state index in [0.29, 0.717) is 36.1 Å². The summed E-state index contributed by atoms with van der Waals surface area (Å²) in [6.45, 7) is 7.40. The van der Waals surface area contributed by atoms with Gasteiger partial charge in [0.1, 0.15) is 10.7 Å². The van der Waals surface area contributed by atoms with Crippen LogP contribution in [0.25, 0.3) is 0 Å². The van der Waals surface area contributed by atoms with Crippen molar-refractivity contribution in [1.82, 2.24) is 15.2 Å². The third kappa shape index (κ3) is 4.07. The van der Waals surface area contributed by atoms with Gasteiger partial charge in [-0.25, -0.2) is 4.98 Å². The minimum Gasteiger partial charge on any atom is -0.382 e. The van der Waals surface area contributed by atoms with Crippen molar-refractivity contribution in [2.75, 3.05) is 30.7 Å². The van der Waals surface area contributed by atoms with Crippen LogP contribution in [0.4, 0.5) is 10.9 Å². The first-order valence-corrected chi connectivity index (χ1v) is 7.68. The summed E-state index contributed by atoms with van der Waals surface area (Å²) in [5.41, 5.74) is 5.71. The number of carbonyl (C=O) groups excluding carboxylic acids is 2. The molecule has 1 aromatic heterocycles. The highest BCUT2D eigenvalue weighted by molar-refractivity contribution is 7.18. The van der Waals surface area contributed by atoms with Crippen LogP contribution in [0.3, 0.4) is 0 Å². The van der Waals surface area contributed by atoms with Crippen LogP contribution in [0.5, 0.6) is 0 Å². The fraction of sp³-hybridized carbons (Fsp3) is 0.615. The number of hydrogen-bond acceptors (Lipinski definition) is 6. The molecule has 1 aliphatic heterocycles. The Bertz CT molecular complexity index is 549. The molecule has 1 aromatic rings. The van der Waals surface area contributed by atoms with Gasteiger partial charge in [-0.15, -0.1) is 0 Å². The molecule has 0 aliphatic carbocycles. The highest BCUT2D eigenvalue weighted by atomic mass is 32.1. The number of hydrogen-bond donors (Lipinski definition) is 3. The molecule has 2 rings (SSSR count). The Morgan fingerprint density at radius 3 is 2.81 bits per heavy atom. The first kappa shape index (κ1) is 15.6. The predicted molar refractivity (Wildman–Crippen MR) is 83.4 cm³/mol. The molecule has 116 valence electrons. The molecule has 1 aliphatic rings. The van der Waals surface area contributed by atoms with Crippen molar-refractivity contribution in [3.63, 3.8) is 0 Å². The van der Waals surface area contributed by atoms with Gasteiger partial charge in [0.05, 0.1) is 0 Å². The maximum Gasteiger partial charge on any atom is 0.267 e. The number of aromatic nitrogens is 1. The van der Waals surface area contributed by atoms with E-state index in [1.165, 1.54) is 11.3 Å². The number of amides is 2. The Balaban J connectivity index is 2.13. The first-order chi connectivity index (χ1) is 9.76. The highest BCUT2D eigenvalue weighted by Gasteiger charge is 2.25. The van der Waals surface area contributed by atoms with Gasteiger partial charge in [0.25, 0.3) is 5.91 Å². The SMILES string of the molecule is CC(C)(C)Nc1nc(N)c(C(=O)N2CCNC(=O)CC2)s1. The zero-order chi connectivity index (χ0) is 15.6. The van der Waals surface area contributed by atoms with Gasteiger partial charge in [-0.1, -0.05) is 11.3 Å². The van der Waals surface area contributed by atoms with E-state index in [9.17, 15) is 9.59 Å². The summed E-state index contributed by atoms with van der Waals surface area (Å²) in [6.07, 6.45) is 0.317. The van der Waals surface area contributed by atoms with E-state index >= 15 is 0 Å². The van der Waals surface area contributed by atoms with Crippen LogP contribution < -0.4 is 16.4 Å². The Hall–Kier alpha value is -1.83. The fourth-order valence-electron chi connectivity index (χ4n) is 1.97. The van der Waals surface area contributed by atoms with Crippen molar-refractivity contribution in [3.8, 4) is 0 Å². The summed E-state index contributed by atoms with van der Waals surface area (Å²) < 4.78 is 0. The molecule has 2 amide bonds. The summed E-state index contributed by atoms with van der Waals surface area (Å²) in [7, 11) is 0. The van der Waals surface area contributed by atoms with Gasteiger partial charge in [0, 0.05) is 31.6 Å². The summed E-state index contributed by atoms with van der Waals surface area (Å²) in [5, 5.41) is 6.58. The lowest BCUT2D eigenvalue weighted by Crippen LogP contribution is -2.34. The van der Waals surface area contributed by atoms with Crippen LogP contribution in [-0.4, -0.2) is 46.9 Å². The second kappa shape index (κ2) is 5.88. The molecule has 0 aromatic carbocycles. The van der Waals surface area contributed by atoms with E-state index in [4.69, 9.17) is 5.73 Å². The lowest BCUT2D eigenvalue weighted by atomic mass is 10.1. The molecule has 21 heavy (non-hydrogen) atoms. The molecule has 8 heteroatoms. The number of nitrogens with one attached hydrogen (secondary N) is 2. The van der Waals surface area contributed by atoms with Gasteiger partial charge < -0.3 is 21.3 Å². The normalized spacial score (nSPS) is 16.3. The van der Waals surface area contributed by atoms with E-state index in [-0.39, 0.29) is 23.2 Å². The molecule has 2 heterocycles. The van der Waals surface area contributed by atoms with Crippen LogP contribution in [-0.2, 0) is 4.79 Å². The Labute approximate surface area is 127 Å². The molecule has 0 saturated carbocycles. The molecule has 1 fully saturated rings. The molecular weight excluding hydrogens is 290 g/mol. The quantitative estimate of drug-likeness (QED) is 0.753. The summed E-state index contributed by atoms with van der Waals surface area (Å²) in [4.78, 5) is 30.1. The molecule has 0 atom stereocenters. The number of nitrogens with zero attached hydrogens (tertiary/aromatic N) is 2. The molecule has 7 nitrogen and oxygen atoms in total. The molecular formula is C13H21N5O2S. The predicted octanol–water partition coefficient (Wildman–Crippen LogP) is 0.898. The lowest BCUT2D eigenvalue weighted by Gasteiger charge is -2.19. The number of anilines is 2. The van der Waals surface area contributed by atoms with Crippen LogP contribution in [0.2, 0.25) is 0 Å². The van der Waals surface area contributed by atoms with Crippen LogP contribution in [0.1, 0.15) is 36.9 Å². The van der Waals surface area contributed by atoms with Crippen LogP contribution >= 0.6 is 11.3 Å². The average molecular weight is 311 g/mol. The third-order valence-electron chi connectivity index (χ3n) is 2.93. The minimum atomic E-state index is -0.163. The first-order valence-electron chi connectivity index (χ1n) is 6.87. The van der Waals surface area contributed by atoms with Crippen molar-refractivity contribution in [1.29, 1.82) is 0 Å². The van der Waals surface area contributed by atoms with Gasteiger partial charge in [-0.3, -0.25) is 9.59 Å². The number of rotatable bonds is 2. The van der Waals surface area contributed by atoms with Gasteiger partial charge in [-0.05, 0) is 20.8 Å². The second-order valence-corrected chi connectivity index (χ2v) is 7.00. The van der Waals surface area contributed by atoms with Gasteiger partial charge >= 0.3 is 0 Å². The van der Waals surface area contributed by atoms with E-state index in [2.05, 4.69) is 15.6 Å². The largest absolute Gasteiger partial charge is 0.382 e. The lowest BCUT2D eigenvalue weighted by molar-refractivity contribution is -0.120. The maximum atomic E-state index is 12.5. The van der Waals surface area contributed by atoms with Gasteiger partial charge in [0.2, 0.25) is 5.91 Å². The van der Waals surface area contributed by atoms with E-state index < -0.39 is 0 Å². The molecule has 0 spiro atoms. The molecule has 1 saturated heterocycles.